The molecule has 2 aliphatic carbocycles. The minimum atomic E-state index is -0.642. The molecule has 3 amide bonds. The van der Waals surface area contributed by atoms with Crippen molar-refractivity contribution < 1.29 is 23.5 Å². The van der Waals surface area contributed by atoms with Crippen LogP contribution in [0.3, 0.4) is 0 Å². The Morgan fingerprint density at radius 3 is 2.14 bits per heavy atom. The first-order valence-electron chi connectivity index (χ1n) is 14.9. The number of anilines is 1. The van der Waals surface area contributed by atoms with Gasteiger partial charge in [0, 0.05) is 24.2 Å². The number of hydrogen-bond donors (Lipinski definition) is 2. The van der Waals surface area contributed by atoms with Crippen molar-refractivity contribution in [3.05, 3.63) is 114 Å². The predicted molar refractivity (Wildman–Crippen MR) is 164 cm³/mol. The Bertz CT molecular complexity index is 1530. The van der Waals surface area contributed by atoms with E-state index in [2.05, 4.69) is 34.9 Å². The number of fused-ring (bicyclic) bond motifs is 3. The summed E-state index contributed by atoms with van der Waals surface area (Å²) >= 11 is 0. The van der Waals surface area contributed by atoms with Crippen molar-refractivity contribution in [3.63, 3.8) is 0 Å². The maximum Gasteiger partial charge on any atom is 0.407 e. The van der Waals surface area contributed by atoms with Gasteiger partial charge in [0.2, 0.25) is 5.91 Å². The van der Waals surface area contributed by atoms with Gasteiger partial charge in [-0.2, -0.15) is 0 Å². The number of hydrogen-bond acceptors (Lipinski definition) is 5. The molecule has 2 aliphatic rings. The van der Waals surface area contributed by atoms with E-state index in [1.54, 1.807) is 24.3 Å². The molecule has 3 aromatic carbocycles. The van der Waals surface area contributed by atoms with E-state index in [1.165, 1.54) is 12.7 Å². The molecule has 1 heterocycles. The summed E-state index contributed by atoms with van der Waals surface area (Å²) in [6.07, 6.45) is 6.27. The summed E-state index contributed by atoms with van der Waals surface area (Å²) in [5.74, 6) is -0.168. The molecular formula is C35H35N3O5. The number of nitrogens with one attached hydrogen (secondary N) is 2. The summed E-state index contributed by atoms with van der Waals surface area (Å²) in [4.78, 5) is 40.1. The minimum absolute atomic E-state index is 0.0473. The van der Waals surface area contributed by atoms with E-state index < -0.39 is 6.09 Å². The van der Waals surface area contributed by atoms with Crippen LogP contribution in [0.15, 0.2) is 95.6 Å². The van der Waals surface area contributed by atoms with Crippen LogP contribution >= 0.6 is 0 Å². The van der Waals surface area contributed by atoms with Gasteiger partial charge in [0.15, 0.2) is 5.76 Å². The molecule has 43 heavy (non-hydrogen) atoms. The van der Waals surface area contributed by atoms with Gasteiger partial charge in [-0.25, -0.2) is 4.79 Å². The highest BCUT2D eigenvalue weighted by Gasteiger charge is 2.30. The van der Waals surface area contributed by atoms with E-state index in [0.29, 0.717) is 18.0 Å². The molecule has 1 fully saturated rings. The fourth-order valence-corrected chi connectivity index (χ4v) is 6.20. The van der Waals surface area contributed by atoms with Crippen LogP contribution < -0.4 is 10.6 Å². The summed E-state index contributed by atoms with van der Waals surface area (Å²) in [6, 6.07) is 27.3. The van der Waals surface area contributed by atoms with Gasteiger partial charge in [0.1, 0.15) is 13.2 Å². The van der Waals surface area contributed by atoms with Gasteiger partial charge in [-0.3, -0.25) is 9.59 Å². The third-order valence-electron chi connectivity index (χ3n) is 8.34. The average molecular weight is 578 g/mol. The Labute approximate surface area is 251 Å². The maximum atomic E-state index is 13.2. The lowest BCUT2D eigenvalue weighted by atomic mass is 9.93. The highest BCUT2D eigenvalue weighted by Crippen LogP contribution is 2.44. The smallest absolute Gasteiger partial charge is 0.407 e. The molecule has 2 N–H and O–H groups in total. The van der Waals surface area contributed by atoms with Crippen molar-refractivity contribution >= 4 is 23.6 Å². The lowest BCUT2D eigenvalue weighted by molar-refractivity contribution is -0.115. The van der Waals surface area contributed by atoms with Crippen molar-refractivity contribution in [1.82, 2.24) is 10.2 Å². The second-order valence-corrected chi connectivity index (χ2v) is 11.1. The van der Waals surface area contributed by atoms with Crippen molar-refractivity contribution in [2.75, 3.05) is 18.5 Å². The zero-order chi connectivity index (χ0) is 29.6. The Balaban J connectivity index is 0.996. The van der Waals surface area contributed by atoms with Crippen LogP contribution in [0.2, 0.25) is 0 Å². The van der Waals surface area contributed by atoms with Gasteiger partial charge in [-0.1, -0.05) is 79.9 Å². The van der Waals surface area contributed by atoms with Crippen molar-refractivity contribution in [2.24, 2.45) is 0 Å². The molecule has 4 aromatic rings. The van der Waals surface area contributed by atoms with Gasteiger partial charge in [-0.15, -0.1) is 0 Å². The van der Waals surface area contributed by atoms with Crippen molar-refractivity contribution in [3.8, 4) is 11.1 Å². The number of furan rings is 1. The number of nitrogens with zero attached hydrogens (tertiary/aromatic N) is 1. The topological polar surface area (TPSA) is 101 Å². The summed E-state index contributed by atoms with van der Waals surface area (Å²) in [5, 5.41) is 5.35. The van der Waals surface area contributed by atoms with Crippen LogP contribution in [-0.4, -0.2) is 42.0 Å². The van der Waals surface area contributed by atoms with Gasteiger partial charge in [0.05, 0.1) is 6.26 Å². The molecule has 220 valence electrons. The van der Waals surface area contributed by atoms with Crippen molar-refractivity contribution in [1.29, 1.82) is 0 Å². The molecule has 0 aliphatic heterocycles. The average Bonchev–Trinajstić information content (AvgIpc) is 3.70. The number of rotatable bonds is 9. The molecule has 8 nitrogen and oxygen atoms in total. The summed E-state index contributed by atoms with van der Waals surface area (Å²) in [6.45, 7) is 0.427. The van der Waals surface area contributed by atoms with Gasteiger partial charge >= 0.3 is 6.09 Å². The Kier molecular flexibility index (Phi) is 8.54. The molecule has 6 rings (SSSR count). The van der Waals surface area contributed by atoms with Crippen LogP contribution in [0.1, 0.15) is 65.3 Å². The fourth-order valence-electron chi connectivity index (χ4n) is 6.20. The highest BCUT2D eigenvalue weighted by molar-refractivity contribution is 5.94. The van der Waals surface area contributed by atoms with E-state index in [1.807, 2.05) is 41.3 Å². The summed E-state index contributed by atoms with van der Waals surface area (Å²) < 4.78 is 10.9. The number of ether oxygens (including phenoxy) is 1. The summed E-state index contributed by atoms with van der Waals surface area (Å²) in [5.41, 5.74) is 6.13. The van der Waals surface area contributed by atoms with E-state index >= 15 is 0 Å². The number of carbonyl (C=O) groups is 3. The largest absolute Gasteiger partial charge is 0.459 e. The van der Waals surface area contributed by atoms with E-state index in [4.69, 9.17) is 9.15 Å². The third-order valence-corrected chi connectivity index (χ3v) is 8.34. The first-order valence-corrected chi connectivity index (χ1v) is 14.9. The second kappa shape index (κ2) is 13.0. The van der Waals surface area contributed by atoms with Gasteiger partial charge in [0.25, 0.3) is 5.91 Å². The molecule has 0 saturated heterocycles. The van der Waals surface area contributed by atoms with Crippen LogP contribution in [-0.2, 0) is 16.1 Å². The Morgan fingerprint density at radius 1 is 0.814 bits per heavy atom. The standard InChI is InChI=1S/C35H35N3O5/c39-33(21-36-35(41)43-23-31-29-13-6-4-11-27(29)28-12-5-7-14-30(28)31)37-25-18-16-24(17-19-25)22-38(26-9-2-1-3-10-26)34(40)32-15-8-20-42-32/h4-8,11-20,26,31H,1-3,9-10,21-23H2,(H,36,41)(H,37,39). The first kappa shape index (κ1) is 28.3. The van der Waals surface area contributed by atoms with Crippen LogP contribution in [0.5, 0.6) is 0 Å². The molecular weight excluding hydrogens is 542 g/mol. The molecule has 8 heteroatoms. The molecule has 0 unspecified atom stereocenters. The van der Waals surface area contributed by atoms with Gasteiger partial charge < -0.3 is 24.7 Å². The lowest BCUT2D eigenvalue weighted by Crippen LogP contribution is -2.40. The number of benzene rings is 3. The maximum absolute atomic E-state index is 13.2. The molecule has 0 spiro atoms. The number of carbonyl (C=O) groups excluding carboxylic acids is 3. The first-order chi connectivity index (χ1) is 21.1. The summed E-state index contributed by atoms with van der Waals surface area (Å²) in [7, 11) is 0. The molecule has 0 atom stereocenters. The second-order valence-electron chi connectivity index (χ2n) is 11.1. The monoisotopic (exact) mass is 577 g/mol. The fraction of sp³-hybridized carbons (Fsp3) is 0.286. The predicted octanol–water partition coefficient (Wildman–Crippen LogP) is 6.73. The van der Waals surface area contributed by atoms with E-state index in [-0.39, 0.29) is 36.9 Å². The third kappa shape index (κ3) is 6.48. The van der Waals surface area contributed by atoms with E-state index in [9.17, 15) is 14.4 Å². The molecule has 1 saturated carbocycles. The Hall–Kier alpha value is -4.85. The highest BCUT2D eigenvalue weighted by atomic mass is 16.5. The molecule has 1 aromatic heterocycles. The van der Waals surface area contributed by atoms with E-state index in [0.717, 1.165) is 53.5 Å². The lowest BCUT2D eigenvalue weighted by Gasteiger charge is -2.34. The Morgan fingerprint density at radius 2 is 1.49 bits per heavy atom. The zero-order valence-corrected chi connectivity index (χ0v) is 24.0. The van der Waals surface area contributed by atoms with Gasteiger partial charge in [-0.05, 0) is 64.9 Å². The van der Waals surface area contributed by atoms with Crippen LogP contribution in [0.4, 0.5) is 10.5 Å². The zero-order valence-electron chi connectivity index (χ0n) is 24.0. The van der Waals surface area contributed by atoms with Crippen LogP contribution in [0.25, 0.3) is 11.1 Å². The SMILES string of the molecule is O=C(CNC(=O)OCC1c2ccccc2-c2ccccc21)Nc1ccc(CN(C(=O)c2ccco2)C2CCCCC2)cc1. The molecule has 0 bridgehead atoms. The minimum Gasteiger partial charge on any atom is -0.459 e. The number of alkyl carbamates (subject to hydrolysis) is 1. The molecule has 0 radical (unpaired) electrons. The number of amides is 3. The normalized spacial score (nSPS) is 14.4. The quantitative estimate of drug-likeness (QED) is 0.230. The van der Waals surface area contributed by atoms with Crippen molar-refractivity contribution in [2.45, 2.75) is 50.6 Å². The van der Waals surface area contributed by atoms with Crippen LogP contribution in [0, 0.1) is 0 Å².